The number of amides is 2. The van der Waals surface area contributed by atoms with Crippen molar-refractivity contribution in [3.8, 4) is 10.6 Å². The molecule has 7 nitrogen and oxygen atoms in total. The van der Waals surface area contributed by atoms with Crippen LogP contribution < -0.4 is 10.6 Å². The first-order chi connectivity index (χ1) is 11.5. The molecule has 0 aliphatic heterocycles. The number of nitrogens with zero attached hydrogens (tertiary/aromatic N) is 3. The third kappa shape index (κ3) is 4.96. The van der Waals surface area contributed by atoms with Crippen molar-refractivity contribution in [2.24, 2.45) is 0 Å². The molecular formula is C17H25N5O2S. The van der Waals surface area contributed by atoms with Gasteiger partial charge < -0.3 is 10.4 Å². The standard InChI is InChI=1S/C17H25N5O2S/c1-10-12(11-7-8-18-13(20-11)16(2,3)4)25-15(19-10)21-14(24)22-17(5,6)9-23/h7-8,23H,9H2,1-6H3,(H2,19,21,22,24). The maximum atomic E-state index is 12.0. The lowest BCUT2D eigenvalue weighted by Crippen LogP contribution is -2.48. The fourth-order valence-electron chi connectivity index (χ4n) is 2.01. The maximum Gasteiger partial charge on any atom is 0.321 e. The molecule has 2 aromatic rings. The second-order valence-corrected chi connectivity index (χ2v) is 8.57. The van der Waals surface area contributed by atoms with Crippen LogP contribution >= 0.6 is 11.3 Å². The molecule has 0 aliphatic rings. The van der Waals surface area contributed by atoms with Crippen LogP contribution in [0.25, 0.3) is 10.6 Å². The number of anilines is 1. The van der Waals surface area contributed by atoms with Gasteiger partial charge in [-0.1, -0.05) is 32.1 Å². The Bertz CT molecular complexity index is 765. The van der Waals surface area contributed by atoms with E-state index in [-0.39, 0.29) is 12.0 Å². The molecule has 0 aliphatic carbocycles. The van der Waals surface area contributed by atoms with Crippen molar-refractivity contribution in [1.82, 2.24) is 20.3 Å². The molecular weight excluding hydrogens is 338 g/mol. The first-order valence-electron chi connectivity index (χ1n) is 8.03. The molecule has 3 N–H and O–H groups in total. The second-order valence-electron chi connectivity index (χ2n) is 7.57. The number of thiazole rings is 1. The van der Waals surface area contributed by atoms with Crippen molar-refractivity contribution in [3.63, 3.8) is 0 Å². The minimum absolute atomic E-state index is 0.147. The molecule has 0 fully saturated rings. The summed E-state index contributed by atoms with van der Waals surface area (Å²) in [5.41, 5.74) is 0.734. The van der Waals surface area contributed by atoms with Gasteiger partial charge in [-0.05, 0) is 26.8 Å². The molecule has 2 aromatic heterocycles. The SMILES string of the molecule is Cc1nc(NC(=O)NC(C)(C)CO)sc1-c1ccnc(C(C)(C)C)n1. The van der Waals surface area contributed by atoms with Gasteiger partial charge in [-0.2, -0.15) is 0 Å². The molecule has 0 unspecified atom stereocenters. The highest BCUT2D eigenvalue weighted by atomic mass is 32.1. The van der Waals surface area contributed by atoms with Gasteiger partial charge in [0.15, 0.2) is 5.13 Å². The van der Waals surface area contributed by atoms with Crippen LogP contribution in [-0.2, 0) is 5.41 Å². The Labute approximate surface area is 151 Å². The zero-order valence-corrected chi connectivity index (χ0v) is 16.3. The Morgan fingerprint density at radius 2 is 1.92 bits per heavy atom. The summed E-state index contributed by atoms with van der Waals surface area (Å²) in [7, 11) is 0. The van der Waals surface area contributed by atoms with E-state index >= 15 is 0 Å². The fraction of sp³-hybridized carbons (Fsp3) is 0.529. The molecule has 8 heteroatoms. The summed E-state index contributed by atoms with van der Waals surface area (Å²) in [5, 5.41) is 15.1. The molecule has 2 amide bonds. The summed E-state index contributed by atoms with van der Waals surface area (Å²) in [5.74, 6) is 0.759. The van der Waals surface area contributed by atoms with E-state index in [4.69, 9.17) is 0 Å². The summed E-state index contributed by atoms with van der Waals surface area (Å²) in [6.45, 7) is 11.4. The van der Waals surface area contributed by atoms with E-state index in [1.807, 2.05) is 13.0 Å². The third-order valence-corrected chi connectivity index (χ3v) is 4.52. The van der Waals surface area contributed by atoms with E-state index in [9.17, 15) is 9.90 Å². The largest absolute Gasteiger partial charge is 0.394 e. The average molecular weight is 363 g/mol. The number of aryl methyl sites for hydroxylation is 1. The summed E-state index contributed by atoms with van der Waals surface area (Å²) in [6.07, 6.45) is 1.74. The van der Waals surface area contributed by atoms with Gasteiger partial charge in [-0.3, -0.25) is 5.32 Å². The van der Waals surface area contributed by atoms with Gasteiger partial charge in [0.05, 0.1) is 28.4 Å². The zero-order valence-electron chi connectivity index (χ0n) is 15.5. The molecule has 0 atom stereocenters. The van der Waals surface area contributed by atoms with Gasteiger partial charge in [-0.15, -0.1) is 0 Å². The van der Waals surface area contributed by atoms with E-state index in [2.05, 4.69) is 46.4 Å². The normalized spacial score (nSPS) is 12.1. The van der Waals surface area contributed by atoms with Crippen LogP contribution in [0.5, 0.6) is 0 Å². The summed E-state index contributed by atoms with van der Waals surface area (Å²) in [4.78, 5) is 26.3. The van der Waals surface area contributed by atoms with Crippen LogP contribution in [0.1, 0.15) is 46.1 Å². The van der Waals surface area contributed by atoms with E-state index in [0.29, 0.717) is 5.13 Å². The van der Waals surface area contributed by atoms with E-state index in [1.165, 1.54) is 11.3 Å². The van der Waals surface area contributed by atoms with Crippen molar-refractivity contribution >= 4 is 22.5 Å². The Morgan fingerprint density at radius 3 is 2.52 bits per heavy atom. The fourth-order valence-corrected chi connectivity index (χ4v) is 2.94. The molecule has 0 bridgehead atoms. The lowest BCUT2D eigenvalue weighted by Gasteiger charge is -2.23. The second kappa shape index (κ2) is 7.05. The van der Waals surface area contributed by atoms with Gasteiger partial charge in [0.2, 0.25) is 0 Å². The molecule has 136 valence electrons. The van der Waals surface area contributed by atoms with E-state index < -0.39 is 11.6 Å². The van der Waals surface area contributed by atoms with Crippen LogP contribution in [0.3, 0.4) is 0 Å². The smallest absolute Gasteiger partial charge is 0.321 e. The van der Waals surface area contributed by atoms with Crippen LogP contribution in [0.2, 0.25) is 0 Å². The molecule has 0 saturated carbocycles. The van der Waals surface area contributed by atoms with Gasteiger partial charge in [0, 0.05) is 11.6 Å². The lowest BCUT2D eigenvalue weighted by atomic mass is 9.95. The van der Waals surface area contributed by atoms with Crippen molar-refractivity contribution in [1.29, 1.82) is 0 Å². The highest BCUT2D eigenvalue weighted by Gasteiger charge is 2.22. The van der Waals surface area contributed by atoms with Crippen LogP contribution in [0.15, 0.2) is 12.3 Å². The Hall–Kier alpha value is -2.06. The number of aliphatic hydroxyl groups excluding tert-OH is 1. The lowest BCUT2D eigenvalue weighted by molar-refractivity contribution is 0.187. The average Bonchev–Trinajstić information content (AvgIpc) is 2.86. The van der Waals surface area contributed by atoms with Crippen LogP contribution in [0.4, 0.5) is 9.93 Å². The topological polar surface area (TPSA) is 100 Å². The number of rotatable bonds is 4. The monoisotopic (exact) mass is 363 g/mol. The number of aliphatic hydroxyl groups is 1. The molecule has 2 heterocycles. The van der Waals surface area contributed by atoms with Gasteiger partial charge in [-0.25, -0.2) is 19.7 Å². The number of carbonyl (C=O) groups excluding carboxylic acids is 1. The van der Waals surface area contributed by atoms with Crippen LogP contribution in [0, 0.1) is 6.92 Å². The zero-order chi connectivity index (χ0) is 18.8. The number of hydrogen-bond donors (Lipinski definition) is 3. The van der Waals surface area contributed by atoms with Crippen molar-refractivity contribution in [2.45, 2.75) is 52.5 Å². The quantitative estimate of drug-likeness (QED) is 0.775. The highest BCUT2D eigenvalue weighted by Crippen LogP contribution is 2.32. The number of carbonyl (C=O) groups is 1. The van der Waals surface area contributed by atoms with E-state index in [1.54, 1.807) is 20.0 Å². The molecule has 2 rings (SSSR count). The Balaban J connectivity index is 2.22. The van der Waals surface area contributed by atoms with Crippen LogP contribution in [-0.4, -0.2) is 38.2 Å². The molecule has 0 spiro atoms. The maximum absolute atomic E-state index is 12.0. The summed E-state index contributed by atoms with van der Waals surface area (Å²) in [6, 6.07) is 1.44. The van der Waals surface area contributed by atoms with Gasteiger partial charge >= 0.3 is 6.03 Å². The number of urea groups is 1. The summed E-state index contributed by atoms with van der Waals surface area (Å²) >= 11 is 1.36. The molecule has 25 heavy (non-hydrogen) atoms. The predicted molar refractivity (Wildman–Crippen MR) is 99.9 cm³/mol. The predicted octanol–water partition coefficient (Wildman–Crippen LogP) is 3.10. The highest BCUT2D eigenvalue weighted by molar-refractivity contribution is 7.19. The van der Waals surface area contributed by atoms with Gasteiger partial charge in [0.25, 0.3) is 0 Å². The molecule has 0 saturated heterocycles. The van der Waals surface area contributed by atoms with E-state index in [0.717, 1.165) is 22.1 Å². The third-order valence-electron chi connectivity index (χ3n) is 3.42. The minimum atomic E-state index is -0.701. The van der Waals surface area contributed by atoms with Crippen molar-refractivity contribution < 1.29 is 9.90 Å². The Morgan fingerprint density at radius 1 is 1.24 bits per heavy atom. The van der Waals surface area contributed by atoms with Gasteiger partial charge in [0.1, 0.15) is 5.82 Å². The first-order valence-corrected chi connectivity index (χ1v) is 8.85. The summed E-state index contributed by atoms with van der Waals surface area (Å²) < 4.78 is 0. The number of nitrogens with one attached hydrogen (secondary N) is 2. The molecule has 0 aromatic carbocycles. The molecule has 0 radical (unpaired) electrons. The first kappa shape index (κ1) is 19.3. The van der Waals surface area contributed by atoms with Crippen molar-refractivity contribution in [3.05, 3.63) is 23.8 Å². The Kier molecular flexibility index (Phi) is 5.43. The number of hydrogen-bond acceptors (Lipinski definition) is 6. The number of aromatic nitrogens is 3. The minimum Gasteiger partial charge on any atom is -0.394 e. The van der Waals surface area contributed by atoms with Crippen molar-refractivity contribution in [2.75, 3.05) is 11.9 Å².